The number of hydrogen-bond acceptors (Lipinski definition) is 8. The molecule has 10 N–H and O–H groups in total. The van der Waals surface area contributed by atoms with Crippen LogP contribution < -0.4 is 27.8 Å². The zero-order valence-electron chi connectivity index (χ0n) is 26.2. The standard InChI is InChI=1S/C28H51N7O8/c1-7-8-11-20(35(6)26(41)18(29)10-9-12-32-28(30)31)25(40)33-19(14-22(37)38)24(39)34-23(16(4)5)21(36)13-17(15(2)3)27(42)43/h15-20,23H,7-14,29H2,1-6H3,(H,33,40)(H,34,39)(H,37,38)(H,42,43)(H4,30,31,32)/t17-,18+,19+,20+,23+/m1/s1. The Balaban J connectivity index is 5.86. The van der Waals surface area contributed by atoms with E-state index >= 15 is 0 Å². The summed E-state index contributed by atoms with van der Waals surface area (Å²) in [6.45, 7) is 8.81. The van der Waals surface area contributed by atoms with Crippen LogP contribution in [0.1, 0.15) is 79.6 Å². The molecule has 0 saturated carbocycles. The number of nitrogens with zero attached hydrogens (tertiary/aromatic N) is 2. The number of amides is 3. The maximum Gasteiger partial charge on any atom is 0.307 e. The number of Topliss-reactive ketones (excluding diaryl/α,β-unsaturated/α-hetero) is 1. The van der Waals surface area contributed by atoms with Crippen LogP contribution >= 0.6 is 0 Å². The first-order valence-electron chi connectivity index (χ1n) is 14.6. The number of nitrogens with one attached hydrogen (secondary N) is 2. The van der Waals surface area contributed by atoms with Gasteiger partial charge in [0, 0.05) is 20.0 Å². The predicted octanol–water partition coefficient (Wildman–Crippen LogP) is -0.199. The van der Waals surface area contributed by atoms with Crippen LogP contribution in [0.5, 0.6) is 0 Å². The van der Waals surface area contributed by atoms with Crippen molar-refractivity contribution in [1.29, 1.82) is 0 Å². The highest BCUT2D eigenvalue weighted by Gasteiger charge is 2.35. The van der Waals surface area contributed by atoms with Gasteiger partial charge in [-0.05, 0) is 31.1 Å². The number of nitrogens with two attached hydrogens (primary N) is 3. The number of rotatable bonds is 21. The highest BCUT2D eigenvalue weighted by Crippen LogP contribution is 2.19. The van der Waals surface area contributed by atoms with Gasteiger partial charge < -0.3 is 42.9 Å². The average molecular weight is 614 g/mol. The Kier molecular flexibility index (Phi) is 17.7. The fourth-order valence-electron chi connectivity index (χ4n) is 4.43. The highest BCUT2D eigenvalue weighted by atomic mass is 16.4. The smallest absolute Gasteiger partial charge is 0.307 e. The van der Waals surface area contributed by atoms with Crippen LogP contribution in [0.3, 0.4) is 0 Å². The molecule has 246 valence electrons. The summed E-state index contributed by atoms with van der Waals surface area (Å²) < 4.78 is 0. The van der Waals surface area contributed by atoms with Gasteiger partial charge in [0.05, 0.1) is 24.4 Å². The molecule has 0 aromatic heterocycles. The average Bonchev–Trinajstić information content (AvgIpc) is 2.90. The van der Waals surface area contributed by atoms with E-state index in [1.165, 1.54) is 11.9 Å². The Bertz CT molecular complexity index is 998. The molecule has 15 nitrogen and oxygen atoms in total. The third-order valence-corrected chi connectivity index (χ3v) is 7.10. The molecule has 0 aliphatic carbocycles. The zero-order valence-corrected chi connectivity index (χ0v) is 26.2. The van der Waals surface area contributed by atoms with Gasteiger partial charge in [-0.3, -0.25) is 33.8 Å². The molecule has 15 heteroatoms. The molecule has 3 amide bonds. The lowest BCUT2D eigenvalue weighted by molar-refractivity contribution is -0.146. The van der Waals surface area contributed by atoms with Crippen molar-refractivity contribution in [2.75, 3.05) is 13.6 Å². The molecule has 0 bridgehead atoms. The van der Waals surface area contributed by atoms with Crippen LogP contribution in [0.2, 0.25) is 0 Å². The monoisotopic (exact) mass is 613 g/mol. The Labute approximate surface area is 253 Å². The summed E-state index contributed by atoms with van der Waals surface area (Å²) >= 11 is 0. The largest absolute Gasteiger partial charge is 0.481 e. The van der Waals surface area contributed by atoms with Crippen molar-refractivity contribution < 1.29 is 39.0 Å². The maximum absolute atomic E-state index is 13.4. The summed E-state index contributed by atoms with van der Waals surface area (Å²) in [5.41, 5.74) is 16.7. The zero-order chi connectivity index (χ0) is 33.4. The van der Waals surface area contributed by atoms with Crippen LogP contribution in [-0.4, -0.2) is 94.3 Å². The van der Waals surface area contributed by atoms with E-state index in [2.05, 4.69) is 15.6 Å². The van der Waals surface area contributed by atoms with Gasteiger partial charge in [0.15, 0.2) is 11.7 Å². The van der Waals surface area contributed by atoms with Gasteiger partial charge in [-0.25, -0.2) is 0 Å². The molecular weight excluding hydrogens is 562 g/mol. The molecule has 0 aromatic carbocycles. The Morgan fingerprint density at radius 1 is 0.860 bits per heavy atom. The van der Waals surface area contributed by atoms with Crippen molar-refractivity contribution in [3.63, 3.8) is 0 Å². The summed E-state index contributed by atoms with van der Waals surface area (Å²) in [5, 5.41) is 23.9. The van der Waals surface area contributed by atoms with Gasteiger partial charge in [-0.2, -0.15) is 0 Å². The molecule has 0 fully saturated rings. The molecule has 43 heavy (non-hydrogen) atoms. The molecule has 0 heterocycles. The lowest BCUT2D eigenvalue weighted by Gasteiger charge is -2.31. The molecule has 0 radical (unpaired) electrons. The normalized spacial score (nSPS) is 14.6. The first-order valence-corrected chi connectivity index (χ1v) is 14.6. The molecule has 0 rings (SSSR count). The molecule has 0 spiro atoms. The fourth-order valence-corrected chi connectivity index (χ4v) is 4.43. The van der Waals surface area contributed by atoms with E-state index < -0.39 is 77.9 Å². The number of unbranched alkanes of at least 4 members (excludes halogenated alkanes) is 1. The van der Waals surface area contributed by atoms with Gasteiger partial charge in [-0.15, -0.1) is 0 Å². The van der Waals surface area contributed by atoms with Crippen molar-refractivity contribution >= 4 is 41.4 Å². The third-order valence-electron chi connectivity index (χ3n) is 7.10. The second-order valence-corrected chi connectivity index (χ2v) is 11.4. The van der Waals surface area contributed by atoms with E-state index in [0.717, 1.165) is 0 Å². The fraction of sp³-hybridized carbons (Fsp3) is 0.750. The molecule has 0 saturated heterocycles. The number of carboxylic acid groups (broad SMARTS) is 2. The molecule has 0 aliphatic rings. The van der Waals surface area contributed by atoms with E-state index in [4.69, 9.17) is 17.2 Å². The summed E-state index contributed by atoms with van der Waals surface area (Å²) in [4.78, 5) is 81.0. The van der Waals surface area contributed by atoms with Crippen LogP contribution in [0.25, 0.3) is 0 Å². The molecule has 0 aliphatic heterocycles. The summed E-state index contributed by atoms with van der Waals surface area (Å²) in [7, 11) is 1.41. The van der Waals surface area contributed by atoms with Crippen LogP contribution in [-0.2, 0) is 28.8 Å². The number of carboxylic acids is 2. The second-order valence-electron chi connectivity index (χ2n) is 11.4. The molecular formula is C28H51N7O8. The topological polar surface area (TPSA) is 261 Å². The number of guanidine groups is 1. The minimum absolute atomic E-state index is 0.0858. The molecule has 5 atom stereocenters. The Morgan fingerprint density at radius 2 is 1.47 bits per heavy atom. The second kappa shape index (κ2) is 19.4. The minimum Gasteiger partial charge on any atom is -0.481 e. The van der Waals surface area contributed by atoms with Crippen molar-refractivity contribution in [3.05, 3.63) is 0 Å². The predicted molar refractivity (Wildman–Crippen MR) is 161 cm³/mol. The Morgan fingerprint density at radius 3 is 1.93 bits per heavy atom. The molecule has 0 unspecified atom stereocenters. The Hall–Kier alpha value is -3.75. The van der Waals surface area contributed by atoms with Gasteiger partial charge in [-0.1, -0.05) is 47.5 Å². The lowest BCUT2D eigenvalue weighted by Crippen LogP contribution is -2.58. The first-order chi connectivity index (χ1) is 19.9. The van der Waals surface area contributed by atoms with E-state index in [-0.39, 0.29) is 37.7 Å². The van der Waals surface area contributed by atoms with Crippen LogP contribution in [0.4, 0.5) is 0 Å². The molecule has 0 aromatic rings. The van der Waals surface area contributed by atoms with E-state index in [9.17, 15) is 39.0 Å². The number of aliphatic imine (C=N–C) groups is 1. The first kappa shape index (κ1) is 39.2. The lowest BCUT2D eigenvalue weighted by atomic mass is 9.86. The maximum atomic E-state index is 13.4. The van der Waals surface area contributed by atoms with Crippen molar-refractivity contribution in [2.24, 2.45) is 39.9 Å². The van der Waals surface area contributed by atoms with Crippen LogP contribution in [0, 0.1) is 17.8 Å². The van der Waals surface area contributed by atoms with Gasteiger partial charge in [0.1, 0.15) is 12.1 Å². The summed E-state index contributed by atoms with van der Waals surface area (Å²) in [5.74, 6) is -7.08. The minimum atomic E-state index is -1.57. The van der Waals surface area contributed by atoms with E-state index in [1.54, 1.807) is 27.7 Å². The number of likely N-dealkylation sites (N-methyl/N-ethyl adjacent to an activating group) is 1. The quantitative estimate of drug-likeness (QED) is 0.0506. The van der Waals surface area contributed by atoms with Gasteiger partial charge >= 0.3 is 11.9 Å². The van der Waals surface area contributed by atoms with Gasteiger partial charge in [0.2, 0.25) is 17.7 Å². The summed E-state index contributed by atoms with van der Waals surface area (Å²) in [6, 6.07) is -4.68. The van der Waals surface area contributed by atoms with Crippen molar-refractivity contribution in [3.8, 4) is 0 Å². The number of ketones is 1. The van der Waals surface area contributed by atoms with Gasteiger partial charge in [0.25, 0.3) is 0 Å². The summed E-state index contributed by atoms with van der Waals surface area (Å²) in [6.07, 6.45) is 1.03. The number of aliphatic carboxylic acids is 2. The third kappa shape index (κ3) is 14.3. The number of carbonyl (C=O) groups excluding carboxylic acids is 4. The van der Waals surface area contributed by atoms with Crippen molar-refractivity contribution in [2.45, 2.75) is 104 Å². The van der Waals surface area contributed by atoms with Crippen molar-refractivity contribution in [1.82, 2.24) is 15.5 Å². The van der Waals surface area contributed by atoms with Crippen LogP contribution in [0.15, 0.2) is 4.99 Å². The SMILES string of the molecule is CCCC[C@@H](C(=O)N[C@@H](CC(=O)O)C(=O)N[C@H](C(=O)C[C@@H](C(=O)O)C(C)C)C(C)C)N(C)C(=O)[C@@H](N)CCCN=C(N)N. The highest BCUT2D eigenvalue weighted by molar-refractivity contribution is 5.97. The number of hydrogen-bond donors (Lipinski definition) is 7. The van der Waals surface area contributed by atoms with E-state index in [0.29, 0.717) is 19.3 Å². The van der Waals surface area contributed by atoms with E-state index in [1.807, 2.05) is 6.92 Å². The number of carbonyl (C=O) groups is 6.